The van der Waals surface area contributed by atoms with Gasteiger partial charge in [0.2, 0.25) is 0 Å². The summed E-state index contributed by atoms with van der Waals surface area (Å²) in [4.78, 5) is 24.1. The third-order valence-corrected chi connectivity index (χ3v) is 8.18. The lowest BCUT2D eigenvalue weighted by Gasteiger charge is -2.20. The number of hydrogen-bond donors (Lipinski definition) is 1. The van der Waals surface area contributed by atoms with Gasteiger partial charge >= 0.3 is 0 Å². The summed E-state index contributed by atoms with van der Waals surface area (Å²) in [6.45, 7) is 7.26. The van der Waals surface area contributed by atoms with Gasteiger partial charge < -0.3 is 9.47 Å². The fourth-order valence-electron chi connectivity index (χ4n) is 4.18. The summed E-state index contributed by atoms with van der Waals surface area (Å²) in [5.74, 6) is -0.111. The molecule has 200 valence electrons. The van der Waals surface area contributed by atoms with Crippen molar-refractivity contribution in [2.24, 2.45) is 0 Å². The van der Waals surface area contributed by atoms with Crippen LogP contribution in [-0.4, -0.2) is 42.5 Å². The molecule has 0 saturated carbocycles. The van der Waals surface area contributed by atoms with Crippen molar-refractivity contribution in [2.75, 3.05) is 18.5 Å². The number of anilines is 1. The minimum Gasteiger partial charge on any atom is -0.375 e. The highest BCUT2D eigenvalue weighted by atomic mass is 35.5. The third-order valence-electron chi connectivity index (χ3n) is 6.48. The molecule has 8 nitrogen and oxygen atoms in total. The number of aryl methyl sites for hydroxylation is 2. The Kier molecular flexibility index (Phi) is 8.38. The molecule has 1 amide bonds. The molecule has 1 N–H and O–H groups in total. The number of nitrogens with one attached hydrogen (secondary N) is 1. The summed E-state index contributed by atoms with van der Waals surface area (Å²) >= 11 is 6.67. The first-order valence-corrected chi connectivity index (χ1v) is 14.4. The van der Waals surface area contributed by atoms with Crippen LogP contribution in [0.5, 0.6) is 0 Å². The number of nitrogens with zero attached hydrogens (tertiary/aromatic N) is 4. The van der Waals surface area contributed by atoms with Crippen LogP contribution in [0.25, 0.3) is 11.2 Å². The second-order valence-corrected chi connectivity index (χ2v) is 11.5. The first-order valence-electron chi connectivity index (χ1n) is 12.6. The lowest BCUT2D eigenvalue weighted by molar-refractivity contribution is 0.0977. The Balaban J connectivity index is 1.57. The summed E-state index contributed by atoms with van der Waals surface area (Å²) < 4.78 is 29.4. The second-order valence-electron chi connectivity index (χ2n) is 9.44. The lowest BCUT2D eigenvalue weighted by Crippen LogP contribution is -2.31. The van der Waals surface area contributed by atoms with E-state index in [2.05, 4.69) is 33.6 Å². The van der Waals surface area contributed by atoms with Crippen LogP contribution in [0.3, 0.4) is 0 Å². The highest BCUT2D eigenvalue weighted by molar-refractivity contribution is 7.90. The number of carbonyl (C=O) groups excluding carboxylic acids is 1. The van der Waals surface area contributed by atoms with E-state index in [4.69, 9.17) is 11.6 Å². The van der Waals surface area contributed by atoms with E-state index in [0.29, 0.717) is 28.6 Å². The molecule has 38 heavy (non-hydrogen) atoms. The van der Waals surface area contributed by atoms with E-state index < -0.39 is 15.9 Å². The van der Waals surface area contributed by atoms with Crippen LogP contribution in [0.2, 0.25) is 5.02 Å². The predicted octanol–water partition coefficient (Wildman–Crippen LogP) is 5.49. The molecule has 0 aliphatic carbocycles. The van der Waals surface area contributed by atoms with E-state index >= 15 is 0 Å². The third kappa shape index (κ3) is 6.16. The second kappa shape index (κ2) is 11.5. The molecule has 2 aromatic heterocycles. The molecule has 0 unspecified atom stereocenters. The number of amides is 1. The van der Waals surface area contributed by atoms with E-state index in [1.165, 1.54) is 31.0 Å². The van der Waals surface area contributed by atoms with Gasteiger partial charge in [-0.05, 0) is 62.2 Å². The van der Waals surface area contributed by atoms with Crippen molar-refractivity contribution in [3.63, 3.8) is 0 Å². The topological polar surface area (TPSA) is 97.2 Å². The van der Waals surface area contributed by atoms with Gasteiger partial charge in [-0.2, -0.15) is 0 Å². The van der Waals surface area contributed by atoms with E-state index in [-0.39, 0.29) is 10.6 Å². The first kappa shape index (κ1) is 27.6. The Labute approximate surface area is 228 Å². The van der Waals surface area contributed by atoms with Crippen molar-refractivity contribution in [3.05, 3.63) is 82.3 Å². The summed E-state index contributed by atoms with van der Waals surface area (Å²) in [6, 6.07) is 15.4. The quantitative estimate of drug-likeness (QED) is 0.261. The fraction of sp³-hybridized carbons (Fsp3) is 0.321. The van der Waals surface area contributed by atoms with Gasteiger partial charge in [0, 0.05) is 24.3 Å². The van der Waals surface area contributed by atoms with Gasteiger partial charge in [0.15, 0.2) is 5.65 Å². The molecule has 2 aromatic carbocycles. The van der Waals surface area contributed by atoms with Crippen LogP contribution < -0.4 is 9.62 Å². The van der Waals surface area contributed by atoms with E-state index in [0.717, 1.165) is 29.8 Å². The molecular formula is C28H32ClN5O3S. The molecule has 0 fully saturated rings. The van der Waals surface area contributed by atoms with Crippen molar-refractivity contribution in [1.29, 1.82) is 0 Å². The Morgan fingerprint density at radius 1 is 1.03 bits per heavy atom. The number of sulfonamides is 1. The highest BCUT2D eigenvalue weighted by Crippen LogP contribution is 2.26. The normalized spacial score (nSPS) is 11.6. The fourth-order valence-corrected chi connectivity index (χ4v) is 5.38. The maximum atomic E-state index is 12.9. The van der Waals surface area contributed by atoms with Gasteiger partial charge in [-0.1, -0.05) is 55.1 Å². The van der Waals surface area contributed by atoms with Crippen LogP contribution in [0.1, 0.15) is 53.6 Å². The number of aromatic nitrogens is 3. The average molecular weight is 554 g/mol. The van der Waals surface area contributed by atoms with Crippen LogP contribution in [-0.2, 0) is 16.6 Å². The van der Waals surface area contributed by atoms with E-state index in [1.54, 1.807) is 18.2 Å². The van der Waals surface area contributed by atoms with Crippen molar-refractivity contribution < 1.29 is 13.2 Å². The van der Waals surface area contributed by atoms with Crippen molar-refractivity contribution >= 4 is 44.4 Å². The zero-order valence-corrected chi connectivity index (χ0v) is 23.6. The van der Waals surface area contributed by atoms with E-state index in [1.807, 2.05) is 36.6 Å². The number of unbranched alkanes of at least 4 members (excludes halogenated alkanes) is 2. The molecule has 4 rings (SSSR count). The summed E-state index contributed by atoms with van der Waals surface area (Å²) in [5, 5.41) is 0.629. The molecule has 0 radical (unpaired) electrons. The maximum Gasteiger partial charge on any atom is 0.283 e. The molecule has 0 aliphatic rings. The summed E-state index contributed by atoms with van der Waals surface area (Å²) in [5.41, 5.74) is 3.90. The predicted molar refractivity (Wildman–Crippen MR) is 151 cm³/mol. The average Bonchev–Trinajstić information content (AvgIpc) is 3.19. The van der Waals surface area contributed by atoms with Crippen LogP contribution >= 0.6 is 11.6 Å². The molecule has 0 atom stereocenters. The van der Waals surface area contributed by atoms with Crippen molar-refractivity contribution in [2.45, 2.75) is 51.5 Å². The minimum atomic E-state index is -4.04. The molecule has 2 heterocycles. The molecule has 0 saturated heterocycles. The molecule has 10 heteroatoms. The number of hydrogen-bond acceptors (Lipinski definition) is 6. The SMILES string of the molecule is CCCCCN(C)c1ccc(Cn2c(C)nc3ccc(C(=O)NS(=O)(=O)c4ccc(C)cc4)nc32)c(Cl)c1. The molecule has 4 aromatic rings. The standard InChI is InChI=1S/C28H32ClN5O3S/c1-5-6-7-16-33(4)22-11-10-21(24(29)17-22)18-34-20(3)30-25-14-15-26(31-27(25)34)28(35)32-38(36,37)23-12-8-19(2)9-13-23/h8-15,17H,5-7,16,18H2,1-4H3,(H,32,35). The largest absolute Gasteiger partial charge is 0.375 e. The maximum absolute atomic E-state index is 12.9. The number of carbonyl (C=O) groups is 1. The van der Waals surface area contributed by atoms with Crippen LogP contribution in [0.15, 0.2) is 59.5 Å². The van der Waals surface area contributed by atoms with Gasteiger partial charge in [-0.15, -0.1) is 0 Å². The molecular weight excluding hydrogens is 522 g/mol. The number of fused-ring (bicyclic) bond motifs is 1. The summed E-state index contributed by atoms with van der Waals surface area (Å²) in [7, 11) is -1.98. The number of imidazole rings is 1. The number of benzene rings is 2. The monoisotopic (exact) mass is 553 g/mol. The van der Waals surface area contributed by atoms with Gasteiger partial charge in [0.1, 0.15) is 17.0 Å². The molecule has 0 aliphatic heterocycles. The van der Waals surface area contributed by atoms with Crippen LogP contribution in [0, 0.1) is 13.8 Å². The Hall–Kier alpha value is -3.43. The zero-order valence-electron chi connectivity index (χ0n) is 22.0. The van der Waals surface area contributed by atoms with Crippen molar-refractivity contribution in [3.8, 4) is 0 Å². The lowest BCUT2D eigenvalue weighted by atomic mass is 10.1. The molecule has 0 spiro atoms. The zero-order chi connectivity index (χ0) is 27.4. The molecule has 0 bridgehead atoms. The number of halogens is 1. The Morgan fingerprint density at radius 2 is 1.76 bits per heavy atom. The number of pyridine rings is 1. The Morgan fingerprint density at radius 3 is 2.45 bits per heavy atom. The van der Waals surface area contributed by atoms with Gasteiger partial charge in [0.05, 0.1) is 11.4 Å². The van der Waals surface area contributed by atoms with Gasteiger partial charge in [-0.3, -0.25) is 4.79 Å². The van der Waals surface area contributed by atoms with Gasteiger partial charge in [-0.25, -0.2) is 23.1 Å². The van der Waals surface area contributed by atoms with Crippen LogP contribution in [0.4, 0.5) is 5.69 Å². The minimum absolute atomic E-state index is 0.00696. The summed E-state index contributed by atoms with van der Waals surface area (Å²) in [6.07, 6.45) is 3.49. The Bertz CT molecular complexity index is 1570. The first-order chi connectivity index (χ1) is 18.1. The number of rotatable bonds is 10. The smallest absolute Gasteiger partial charge is 0.283 e. The van der Waals surface area contributed by atoms with Gasteiger partial charge in [0.25, 0.3) is 15.9 Å². The van der Waals surface area contributed by atoms with Crippen molar-refractivity contribution in [1.82, 2.24) is 19.3 Å². The highest BCUT2D eigenvalue weighted by Gasteiger charge is 2.21. The van der Waals surface area contributed by atoms with E-state index in [9.17, 15) is 13.2 Å².